The number of aliphatic hydroxyl groups is 4. The van der Waals surface area contributed by atoms with Crippen LogP contribution in [-0.4, -0.2) is 123 Å². The smallest absolute Gasteiger partial charge is 0.334 e. The van der Waals surface area contributed by atoms with Gasteiger partial charge >= 0.3 is 17.9 Å². The molecule has 0 aromatic heterocycles. The van der Waals surface area contributed by atoms with Crippen LogP contribution in [0.5, 0.6) is 0 Å². The van der Waals surface area contributed by atoms with Gasteiger partial charge in [-0.05, 0) is 36.7 Å². The Bertz CT molecular complexity index is 1340. The van der Waals surface area contributed by atoms with Gasteiger partial charge in [0, 0.05) is 11.0 Å². The van der Waals surface area contributed by atoms with Crippen molar-refractivity contribution < 1.29 is 68.0 Å². The fraction of sp³-hybridized carbons (Fsp3) is 0.833. The van der Waals surface area contributed by atoms with Gasteiger partial charge < -0.3 is 53.6 Å². The first-order chi connectivity index (χ1) is 20.9. The quantitative estimate of drug-likeness (QED) is 0.149. The Kier molecular flexibility index (Phi) is 6.13. The summed E-state index contributed by atoms with van der Waals surface area (Å²) in [6.45, 7) is 5.80. The molecular formula is C30H38O14. The number of carbonyl (C=O) groups excluding carboxylic acids is 3. The number of aliphatic hydroxyl groups excluding tert-OH is 4. The molecule has 0 radical (unpaired) electrons. The molecule has 4 saturated heterocycles. The van der Waals surface area contributed by atoms with Gasteiger partial charge in [-0.25, -0.2) is 4.79 Å². The van der Waals surface area contributed by atoms with E-state index in [1.807, 2.05) is 13.8 Å². The summed E-state index contributed by atoms with van der Waals surface area (Å²) in [5.41, 5.74) is -1.09. The van der Waals surface area contributed by atoms with Gasteiger partial charge in [-0.2, -0.15) is 0 Å². The summed E-state index contributed by atoms with van der Waals surface area (Å²) in [6, 6.07) is 0. The third-order valence-electron chi connectivity index (χ3n) is 12.0. The zero-order valence-electron chi connectivity index (χ0n) is 24.7. The van der Waals surface area contributed by atoms with Gasteiger partial charge in [-0.15, -0.1) is 0 Å². The second-order valence-corrected chi connectivity index (χ2v) is 14.1. The lowest BCUT2D eigenvalue weighted by atomic mass is 9.46. The normalized spacial score (nSPS) is 52.4. The fourth-order valence-electron chi connectivity index (χ4n) is 9.66. The lowest BCUT2D eigenvalue weighted by Gasteiger charge is -2.53. The minimum Gasteiger partial charge on any atom is -0.458 e. The number of epoxide rings is 3. The van der Waals surface area contributed by atoms with E-state index in [-0.39, 0.29) is 49.1 Å². The number of carbonyl (C=O) groups is 3. The summed E-state index contributed by atoms with van der Waals surface area (Å²) in [6.07, 6.45) is -8.33. The van der Waals surface area contributed by atoms with Crippen molar-refractivity contribution >= 4 is 17.9 Å². The van der Waals surface area contributed by atoms with Gasteiger partial charge in [0.15, 0.2) is 24.1 Å². The summed E-state index contributed by atoms with van der Waals surface area (Å²) in [7, 11) is 0. The first-order valence-electron chi connectivity index (χ1n) is 15.5. The van der Waals surface area contributed by atoms with Gasteiger partial charge in [0.05, 0.1) is 25.6 Å². The maximum Gasteiger partial charge on any atom is 0.334 e. The van der Waals surface area contributed by atoms with Gasteiger partial charge in [-0.3, -0.25) is 9.59 Å². The molecule has 3 aliphatic carbocycles. The van der Waals surface area contributed by atoms with Crippen LogP contribution in [0.4, 0.5) is 0 Å². The number of fused-ring (bicyclic) bond motifs is 4. The van der Waals surface area contributed by atoms with E-state index in [0.29, 0.717) is 19.3 Å². The molecule has 44 heavy (non-hydrogen) atoms. The van der Waals surface area contributed by atoms with Crippen LogP contribution in [0.3, 0.4) is 0 Å². The molecule has 8 aliphatic rings. The van der Waals surface area contributed by atoms with E-state index in [0.717, 1.165) is 11.1 Å². The third-order valence-corrected chi connectivity index (χ3v) is 12.0. The highest BCUT2D eigenvalue weighted by Gasteiger charge is 3.01. The van der Waals surface area contributed by atoms with Gasteiger partial charge in [0.2, 0.25) is 0 Å². The minimum atomic E-state index is -1.76. The highest BCUT2D eigenvalue weighted by atomic mass is 16.8. The number of ether oxygens (including phenoxy) is 7. The van der Waals surface area contributed by atoms with E-state index in [2.05, 4.69) is 6.92 Å². The van der Waals surface area contributed by atoms with Crippen LogP contribution in [0.25, 0.3) is 0 Å². The van der Waals surface area contributed by atoms with Gasteiger partial charge in [-0.1, -0.05) is 20.8 Å². The second-order valence-electron chi connectivity index (χ2n) is 14.1. The van der Waals surface area contributed by atoms with E-state index in [1.165, 1.54) is 0 Å². The Hall–Kier alpha value is -2.17. The van der Waals surface area contributed by atoms with E-state index < -0.39 is 84.0 Å². The maximum atomic E-state index is 13.4. The van der Waals surface area contributed by atoms with Crippen molar-refractivity contribution in [1.29, 1.82) is 0 Å². The largest absolute Gasteiger partial charge is 0.458 e. The van der Waals surface area contributed by atoms with Crippen molar-refractivity contribution in [2.75, 3.05) is 13.2 Å². The van der Waals surface area contributed by atoms with Crippen molar-refractivity contribution in [3.63, 3.8) is 0 Å². The third kappa shape index (κ3) is 3.40. The van der Waals surface area contributed by atoms with Crippen molar-refractivity contribution in [3.8, 4) is 0 Å². The number of rotatable bonds is 7. The number of hydrogen-bond acceptors (Lipinski definition) is 14. The number of cyclic esters (lactones) is 1. The standard InChI is InChI=1S/C30H38O14/c1-11(2)28-22(43-28)23-30(44-23)27(3)7-6-12-13(10-38-24(12)36)14(27)8-16-29(30,42-16)26(28)41-18(33)5-4-17(32)40-21-15(9-31)39-25(37)20(35)19(21)34/h11,14-16,19-23,25-26,31,34-35,37H,4-10H2,1-3H3/t14-,15+,16-,19+,20+,21+,22-,23-,25?,26+,27-,28-,29+,30+/m0/s1. The number of esters is 3. The van der Waals surface area contributed by atoms with Crippen molar-refractivity contribution in [1.82, 2.24) is 0 Å². The Labute approximate surface area is 252 Å². The molecule has 8 rings (SSSR count). The van der Waals surface area contributed by atoms with Crippen LogP contribution in [0.2, 0.25) is 0 Å². The zero-order chi connectivity index (χ0) is 31.1. The zero-order valence-corrected chi connectivity index (χ0v) is 24.7. The summed E-state index contributed by atoms with van der Waals surface area (Å²) >= 11 is 0. The first-order valence-corrected chi connectivity index (χ1v) is 15.5. The molecule has 0 aromatic carbocycles. The fourth-order valence-corrected chi connectivity index (χ4v) is 9.66. The Balaban J connectivity index is 1.01. The Morgan fingerprint density at radius 3 is 2.45 bits per heavy atom. The molecule has 14 nitrogen and oxygen atoms in total. The highest BCUT2D eigenvalue weighted by Crippen LogP contribution is 2.83. The molecule has 242 valence electrons. The van der Waals surface area contributed by atoms with Crippen LogP contribution in [-0.2, 0) is 47.5 Å². The summed E-state index contributed by atoms with van der Waals surface area (Å²) in [4.78, 5) is 38.5. The van der Waals surface area contributed by atoms with E-state index >= 15 is 0 Å². The predicted molar refractivity (Wildman–Crippen MR) is 140 cm³/mol. The average molecular weight is 623 g/mol. The molecule has 5 aliphatic heterocycles. The van der Waals surface area contributed by atoms with Crippen LogP contribution in [0.15, 0.2) is 11.1 Å². The Morgan fingerprint density at radius 1 is 1.02 bits per heavy atom. The average Bonchev–Trinajstić information content (AvgIpc) is 3.90. The second kappa shape index (κ2) is 9.22. The lowest BCUT2D eigenvalue weighted by Crippen LogP contribution is -2.70. The van der Waals surface area contributed by atoms with Gasteiger partial charge in [0.25, 0.3) is 0 Å². The molecule has 6 fully saturated rings. The molecule has 2 spiro atoms. The van der Waals surface area contributed by atoms with Crippen molar-refractivity contribution in [2.24, 2.45) is 17.3 Å². The maximum absolute atomic E-state index is 13.4. The molecule has 1 unspecified atom stereocenters. The van der Waals surface area contributed by atoms with E-state index in [9.17, 15) is 34.8 Å². The monoisotopic (exact) mass is 622 g/mol. The van der Waals surface area contributed by atoms with Crippen LogP contribution >= 0.6 is 0 Å². The van der Waals surface area contributed by atoms with Gasteiger partial charge in [0.1, 0.15) is 48.3 Å². The molecule has 0 bridgehead atoms. The molecule has 0 amide bonds. The Morgan fingerprint density at radius 2 is 1.75 bits per heavy atom. The van der Waals surface area contributed by atoms with E-state index in [4.69, 9.17) is 33.2 Å². The molecule has 5 heterocycles. The van der Waals surface area contributed by atoms with Crippen molar-refractivity contribution in [2.45, 2.75) is 125 Å². The van der Waals surface area contributed by atoms with E-state index in [1.54, 1.807) is 0 Å². The van der Waals surface area contributed by atoms with Crippen LogP contribution in [0.1, 0.15) is 52.9 Å². The summed E-state index contributed by atoms with van der Waals surface area (Å²) < 4.78 is 41.6. The molecular weight excluding hydrogens is 584 g/mol. The SMILES string of the molecule is CC(C)[C@]12O[C@H]1[C@@H]1O[C@]13[C@]1(O[C@H]1C[C@H]1C4=C(CC[C@@]13C)C(=O)OC4)[C@@H]2OC(=O)CCC(=O)O[C@H]1[C@H](O)[C@@H](O)C(O)O[C@@H]1CO. The summed E-state index contributed by atoms with van der Waals surface area (Å²) in [5, 5.41) is 39.4. The highest BCUT2D eigenvalue weighted by molar-refractivity contribution is 5.92. The molecule has 4 N–H and O–H groups in total. The van der Waals surface area contributed by atoms with Crippen LogP contribution < -0.4 is 0 Å². The lowest BCUT2D eigenvalue weighted by molar-refractivity contribution is -0.289. The molecule has 2 saturated carbocycles. The molecule has 0 aromatic rings. The topological polar surface area (TPSA) is 207 Å². The molecule has 14 heteroatoms. The number of hydrogen-bond donors (Lipinski definition) is 4. The molecule has 14 atom stereocenters. The van der Waals surface area contributed by atoms with Crippen LogP contribution in [0, 0.1) is 17.3 Å². The predicted octanol–water partition coefficient (Wildman–Crippen LogP) is -1.22. The minimum absolute atomic E-state index is 0.0289. The summed E-state index contributed by atoms with van der Waals surface area (Å²) in [5.74, 6) is -1.79. The first kappa shape index (κ1) is 29.2. The van der Waals surface area contributed by atoms with Crippen molar-refractivity contribution in [3.05, 3.63) is 11.1 Å².